The number of H-pyrrole nitrogens is 1. The molecule has 94 valence electrons. The third-order valence-corrected chi connectivity index (χ3v) is 2.38. The molecule has 1 heterocycles. The molecule has 0 saturated heterocycles. The maximum atomic E-state index is 11.7. The number of tetrazole rings is 1. The van der Waals surface area contributed by atoms with Crippen molar-refractivity contribution in [1.82, 2.24) is 20.6 Å². The molecule has 18 heavy (non-hydrogen) atoms. The normalized spacial score (nSPS) is 10.1. The number of carbonyl (C=O) groups is 1. The molecule has 0 fully saturated rings. The van der Waals surface area contributed by atoms with E-state index in [9.17, 15) is 4.79 Å². The van der Waals surface area contributed by atoms with Gasteiger partial charge in [-0.3, -0.25) is 4.79 Å². The fraction of sp³-hybridized carbons (Fsp3) is 0.200. The topological polar surface area (TPSA) is 92.8 Å². The quantitative estimate of drug-likeness (QED) is 0.863. The molecule has 0 aliphatic carbocycles. The summed E-state index contributed by atoms with van der Waals surface area (Å²) in [6.45, 7) is 0. The van der Waals surface area contributed by atoms with Crippen LogP contribution in [0, 0.1) is 0 Å². The van der Waals surface area contributed by atoms with Crippen LogP contribution in [0.15, 0.2) is 18.2 Å². The third-order valence-electron chi connectivity index (χ3n) is 2.14. The number of anilines is 1. The smallest absolute Gasteiger partial charge is 0.232 e. The largest absolute Gasteiger partial charge is 0.495 e. The number of benzene rings is 1. The molecule has 7 nitrogen and oxygen atoms in total. The number of nitrogens with zero attached hydrogens (tertiary/aromatic N) is 3. The van der Waals surface area contributed by atoms with Crippen molar-refractivity contribution in [3.05, 3.63) is 29.0 Å². The highest BCUT2D eigenvalue weighted by Crippen LogP contribution is 2.27. The van der Waals surface area contributed by atoms with Crippen LogP contribution in [0.2, 0.25) is 5.02 Å². The minimum absolute atomic E-state index is 0.0200. The number of nitrogens with one attached hydrogen (secondary N) is 2. The molecule has 1 aromatic carbocycles. The van der Waals surface area contributed by atoms with Crippen LogP contribution in [0.4, 0.5) is 5.69 Å². The van der Waals surface area contributed by atoms with Crippen LogP contribution >= 0.6 is 11.6 Å². The van der Waals surface area contributed by atoms with Crippen LogP contribution in [-0.2, 0) is 11.2 Å². The number of rotatable bonds is 4. The molecule has 1 amide bonds. The van der Waals surface area contributed by atoms with Gasteiger partial charge in [-0.2, -0.15) is 5.21 Å². The first kappa shape index (κ1) is 12.3. The second kappa shape index (κ2) is 5.46. The van der Waals surface area contributed by atoms with Crippen molar-refractivity contribution < 1.29 is 9.53 Å². The van der Waals surface area contributed by atoms with Crippen molar-refractivity contribution in [2.75, 3.05) is 12.4 Å². The van der Waals surface area contributed by atoms with E-state index >= 15 is 0 Å². The monoisotopic (exact) mass is 267 g/mol. The Morgan fingerprint density at radius 3 is 3.06 bits per heavy atom. The predicted octanol–water partition coefficient (Wildman–Crippen LogP) is 1.04. The Kier molecular flexibility index (Phi) is 3.73. The molecule has 8 heteroatoms. The average Bonchev–Trinajstić information content (AvgIpc) is 2.82. The maximum absolute atomic E-state index is 11.7. The number of hydrogen-bond acceptors (Lipinski definition) is 5. The summed E-state index contributed by atoms with van der Waals surface area (Å²) in [6.07, 6.45) is 0.0200. The Bertz CT molecular complexity index is 543. The highest BCUT2D eigenvalue weighted by molar-refractivity contribution is 6.31. The third kappa shape index (κ3) is 2.95. The molecule has 0 spiro atoms. The van der Waals surface area contributed by atoms with Crippen LogP contribution < -0.4 is 10.1 Å². The first-order valence-electron chi connectivity index (χ1n) is 5.05. The summed E-state index contributed by atoms with van der Waals surface area (Å²) in [7, 11) is 1.51. The van der Waals surface area contributed by atoms with Gasteiger partial charge in [-0.05, 0) is 18.2 Å². The fourth-order valence-electron chi connectivity index (χ4n) is 1.37. The van der Waals surface area contributed by atoms with E-state index in [0.29, 0.717) is 22.3 Å². The zero-order valence-corrected chi connectivity index (χ0v) is 10.2. The highest BCUT2D eigenvalue weighted by Gasteiger charge is 2.11. The number of halogens is 1. The van der Waals surface area contributed by atoms with Crippen molar-refractivity contribution >= 4 is 23.2 Å². The molecule has 2 aromatic rings. The maximum Gasteiger partial charge on any atom is 0.232 e. The standard InChI is InChI=1S/C10H10ClN5O2/c1-18-8-3-2-6(11)4-7(8)12-10(17)5-9-13-15-16-14-9/h2-4H,5H2,1H3,(H,12,17)(H,13,14,15,16). The molecule has 2 rings (SSSR count). The van der Waals surface area contributed by atoms with E-state index in [1.54, 1.807) is 18.2 Å². The van der Waals surface area contributed by atoms with Crippen LogP contribution in [0.1, 0.15) is 5.82 Å². The molecule has 0 aliphatic heterocycles. The average molecular weight is 268 g/mol. The number of amides is 1. The lowest BCUT2D eigenvalue weighted by molar-refractivity contribution is -0.115. The lowest BCUT2D eigenvalue weighted by Gasteiger charge is -2.09. The molecular weight excluding hydrogens is 258 g/mol. The second-order valence-electron chi connectivity index (χ2n) is 3.40. The van der Waals surface area contributed by atoms with Gasteiger partial charge in [-0.25, -0.2) is 0 Å². The molecule has 0 bridgehead atoms. The van der Waals surface area contributed by atoms with Crippen molar-refractivity contribution in [3.63, 3.8) is 0 Å². The lowest BCUT2D eigenvalue weighted by Crippen LogP contribution is -2.15. The molecule has 2 N–H and O–H groups in total. The van der Waals surface area contributed by atoms with E-state index in [1.807, 2.05) is 0 Å². The van der Waals surface area contributed by atoms with Crippen molar-refractivity contribution in [1.29, 1.82) is 0 Å². The zero-order chi connectivity index (χ0) is 13.0. The molecule has 0 atom stereocenters. The predicted molar refractivity (Wildman–Crippen MR) is 64.5 cm³/mol. The Morgan fingerprint density at radius 1 is 1.56 bits per heavy atom. The highest BCUT2D eigenvalue weighted by atomic mass is 35.5. The van der Waals surface area contributed by atoms with Gasteiger partial charge >= 0.3 is 0 Å². The van der Waals surface area contributed by atoms with Gasteiger partial charge in [-0.15, -0.1) is 10.2 Å². The van der Waals surface area contributed by atoms with Crippen molar-refractivity contribution in [3.8, 4) is 5.75 Å². The first-order valence-corrected chi connectivity index (χ1v) is 5.42. The molecule has 0 unspecified atom stereocenters. The van der Waals surface area contributed by atoms with Crippen LogP contribution in [0.5, 0.6) is 5.75 Å². The van der Waals surface area contributed by atoms with Crippen molar-refractivity contribution in [2.24, 2.45) is 0 Å². The van der Waals surface area contributed by atoms with Crippen LogP contribution in [-0.4, -0.2) is 33.6 Å². The molecular formula is C10H10ClN5O2. The van der Waals surface area contributed by atoms with Gasteiger partial charge in [0.25, 0.3) is 0 Å². The molecule has 0 saturated carbocycles. The van der Waals surface area contributed by atoms with E-state index in [2.05, 4.69) is 25.9 Å². The number of aromatic nitrogens is 4. The van der Waals surface area contributed by atoms with Gasteiger partial charge in [0.2, 0.25) is 5.91 Å². The number of hydrogen-bond donors (Lipinski definition) is 2. The van der Waals surface area contributed by atoms with E-state index in [0.717, 1.165) is 0 Å². The summed E-state index contributed by atoms with van der Waals surface area (Å²) in [6, 6.07) is 4.95. The summed E-state index contributed by atoms with van der Waals surface area (Å²) in [5, 5.41) is 16.2. The van der Waals surface area contributed by atoms with Crippen molar-refractivity contribution in [2.45, 2.75) is 6.42 Å². The van der Waals surface area contributed by atoms with Gasteiger partial charge in [0.1, 0.15) is 5.75 Å². The first-order chi connectivity index (χ1) is 8.69. The number of ether oxygens (including phenoxy) is 1. The zero-order valence-electron chi connectivity index (χ0n) is 9.48. The number of methoxy groups -OCH3 is 1. The minimum atomic E-state index is -0.281. The van der Waals surface area contributed by atoms with Gasteiger partial charge in [0, 0.05) is 5.02 Å². The SMILES string of the molecule is COc1ccc(Cl)cc1NC(=O)Cc1nn[nH]n1. The fourth-order valence-corrected chi connectivity index (χ4v) is 1.55. The van der Waals surface area contributed by atoms with Gasteiger partial charge in [0.05, 0.1) is 19.2 Å². The number of aromatic amines is 1. The van der Waals surface area contributed by atoms with Crippen LogP contribution in [0.25, 0.3) is 0 Å². The Balaban J connectivity index is 2.08. The second-order valence-corrected chi connectivity index (χ2v) is 3.83. The Labute approximate surface area is 107 Å². The Hall–Kier alpha value is -2.15. The van der Waals surface area contributed by atoms with Gasteiger partial charge < -0.3 is 10.1 Å². The lowest BCUT2D eigenvalue weighted by atomic mass is 10.2. The minimum Gasteiger partial charge on any atom is -0.495 e. The summed E-state index contributed by atoms with van der Waals surface area (Å²) in [5.41, 5.74) is 0.499. The van der Waals surface area contributed by atoms with E-state index in [1.165, 1.54) is 7.11 Å². The van der Waals surface area contributed by atoms with Crippen LogP contribution in [0.3, 0.4) is 0 Å². The molecule has 0 aliphatic rings. The molecule has 0 radical (unpaired) electrons. The van der Waals surface area contributed by atoms with E-state index in [4.69, 9.17) is 16.3 Å². The Morgan fingerprint density at radius 2 is 2.39 bits per heavy atom. The van der Waals surface area contributed by atoms with Gasteiger partial charge in [-0.1, -0.05) is 16.8 Å². The summed E-state index contributed by atoms with van der Waals surface area (Å²) < 4.78 is 5.11. The van der Waals surface area contributed by atoms with Gasteiger partial charge in [0.15, 0.2) is 5.82 Å². The molecule has 1 aromatic heterocycles. The summed E-state index contributed by atoms with van der Waals surface area (Å²) in [4.78, 5) is 11.7. The van der Waals surface area contributed by atoms with E-state index in [-0.39, 0.29) is 12.3 Å². The van der Waals surface area contributed by atoms with E-state index < -0.39 is 0 Å². The summed E-state index contributed by atoms with van der Waals surface area (Å²) >= 11 is 5.85. The number of carbonyl (C=O) groups excluding carboxylic acids is 1. The summed E-state index contributed by atoms with van der Waals surface area (Å²) in [5.74, 6) is 0.561.